The molecule has 116 valence electrons. The van der Waals surface area contributed by atoms with Crippen molar-refractivity contribution in [2.75, 3.05) is 5.32 Å². The minimum atomic E-state index is -0.924. The molecular formula is C16H11F2N3O2. The third-order valence-corrected chi connectivity index (χ3v) is 3.10. The average molecular weight is 315 g/mol. The van der Waals surface area contributed by atoms with Gasteiger partial charge in [-0.3, -0.25) is 4.79 Å². The topological polar surface area (TPSA) is 68.0 Å². The lowest BCUT2D eigenvalue weighted by Gasteiger charge is -2.07. The summed E-state index contributed by atoms with van der Waals surface area (Å²) in [7, 11) is 0. The van der Waals surface area contributed by atoms with Gasteiger partial charge in [0.1, 0.15) is 17.2 Å². The second-order valence-electron chi connectivity index (χ2n) is 4.77. The lowest BCUT2D eigenvalue weighted by atomic mass is 10.1. The standard InChI is InChI=1S/C16H11F2N3O2/c1-9-19-15(21-23-9)10-4-2-5-11(8-10)20-16(22)14-12(17)6-3-7-13(14)18/h2-8H,1H3,(H,20,22). The highest BCUT2D eigenvalue weighted by Gasteiger charge is 2.17. The molecular weight excluding hydrogens is 304 g/mol. The summed E-state index contributed by atoms with van der Waals surface area (Å²) >= 11 is 0. The fraction of sp³-hybridized carbons (Fsp3) is 0.0625. The lowest BCUT2D eigenvalue weighted by Crippen LogP contribution is -2.15. The number of nitrogens with zero attached hydrogens (tertiary/aromatic N) is 2. The molecule has 0 bridgehead atoms. The Morgan fingerprint density at radius 1 is 1.13 bits per heavy atom. The summed E-state index contributed by atoms with van der Waals surface area (Å²) in [5.74, 6) is -1.96. The van der Waals surface area contributed by atoms with Gasteiger partial charge in [0.2, 0.25) is 11.7 Å². The zero-order valence-corrected chi connectivity index (χ0v) is 12.0. The van der Waals surface area contributed by atoms with E-state index in [-0.39, 0.29) is 0 Å². The minimum Gasteiger partial charge on any atom is -0.339 e. The summed E-state index contributed by atoms with van der Waals surface area (Å²) in [6, 6.07) is 9.81. The number of rotatable bonds is 3. The maximum Gasteiger partial charge on any atom is 0.261 e. The van der Waals surface area contributed by atoms with Crippen LogP contribution in [0.4, 0.5) is 14.5 Å². The Morgan fingerprint density at radius 2 is 1.83 bits per heavy atom. The van der Waals surface area contributed by atoms with E-state index in [2.05, 4.69) is 15.5 Å². The first-order valence-electron chi connectivity index (χ1n) is 6.70. The Kier molecular flexibility index (Phi) is 3.84. The number of anilines is 1. The molecule has 0 fully saturated rings. The van der Waals surface area contributed by atoms with Gasteiger partial charge in [0.25, 0.3) is 5.91 Å². The molecule has 0 aliphatic rings. The van der Waals surface area contributed by atoms with Gasteiger partial charge < -0.3 is 9.84 Å². The van der Waals surface area contributed by atoms with E-state index in [1.165, 1.54) is 6.07 Å². The van der Waals surface area contributed by atoms with E-state index in [1.807, 2.05) is 0 Å². The molecule has 3 rings (SSSR count). The Morgan fingerprint density at radius 3 is 2.48 bits per heavy atom. The van der Waals surface area contributed by atoms with Crippen molar-refractivity contribution in [1.82, 2.24) is 10.1 Å². The van der Waals surface area contributed by atoms with Crippen molar-refractivity contribution >= 4 is 11.6 Å². The average Bonchev–Trinajstić information content (AvgIpc) is 2.94. The number of hydrogen-bond donors (Lipinski definition) is 1. The largest absolute Gasteiger partial charge is 0.339 e. The van der Waals surface area contributed by atoms with Crippen molar-refractivity contribution in [1.29, 1.82) is 0 Å². The SMILES string of the molecule is Cc1nc(-c2cccc(NC(=O)c3c(F)cccc3F)c2)no1. The van der Waals surface area contributed by atoms with Gasteiger partial charge in [0.05, 0.1) is 0 Å². The summed E-state index contributed by atoms with van der Waals surface area (Å²) < 4.78 is 32.1. The van der Waals surface area contributed by atoms with Crippen LogP contribution in [-0.4, -0.2) is 16.0 Å². The summed E-state index contributed by atoms with van der Waals surface area (Å²) in [5.41, 5.74) is 0.333. The van der Waals surface area contributed by atoms with Crippen molar-refractivity contribution in [2.45, 2.75) is 6.92 Å². The molecule has 0 unspecified atom stereocenters. The maximum absolute atomic E-state index is 13.6. The first-order chi connectivity index (χ1) is 11.0. The number of aryl methyl sites for hydroxylation is 1. The van der Waals surface area contributed by atoms with Crippen molar-refractivity contribution in [2.24, 2.45) is 0 Å². The van der Waals surface area contributed by atoms with E-state index in [9.17, 15) is 13.6 Å². The first-order valence-corrected chi connectivity index (χ1v) is 6.70. The van der Waals surface area contributed by atoms with Gasteiger partial charge in [-0.2, -0.15) is 4.98 Å². The number of benzene rings is 2. The highest BCUT2D eigenvalue weighted by atomic mass is 19.1. The van der Waals surface area contributed by atoms with Crippen LogP contribution in [-0.2, 0) is 0 Å². The third kappa shape index (κ3) is 3.08. The van der Waals surface area contributed by atoms with Gasteiger partial charge in [-0.05, 0) is 24.3 Å². The number of hydrogen-bond acceptors (Lipinski definition) is 4. The number of nitrogens with one attached hydrogen (secondary N) is 1. The molecule has 3 aromatic rings. The van der Waals surface area contributed by atoms with Crippen LogP contribution in [0.2, 0.25) is 0 Å². The lowest BCUT2D eigenvalue weighted by molar-refractivity contribution is 0.101. The van der Waals surface area contributed by atoms with Gasteiger partial charge in [-0.1, -0.05) is 23.4 Å². The molecule has 1 heterocycles. The van der Waals surface area contributed by atoms with Crippen LogP contribution in [0.15, 0.2) is 47.0 Å². The predicted octanol–water partition coefficient (Wildman–Crippen LogP) is 3.58. The van der Waals surface area contributed by atoms with Crippen molar-refractivity contribution in [3.05, 3.63) is 65.6 Å². The van der Waals surface area contributed by atoms with E-state index in [0.29, 0.717) is 23.0 Å². The summed E-state index contributed by atoms with van der Waals surface area (Å²) in [6.07, 6.45) is 0. The molecule has 23 heavy (non-hydrogen) atoms. The minimum absolute atomic E-state index is 0.357. The van der Waals surface area contributed by atoms with Gasteiger partial charge in [-0.15, -0.1) is 0 Å². The van der Waals surface area contributed by atoms with E-state index < -0.39 is 23.1 Å². The Hall–Kier alpha value is -3.09. The molecule has 0 radical (unpaired) electrons. The van der Waals surface area contributed by atoms with Crippen LogP contribution < -0.4 is 5.32 Å². The fourth-order valence-corrected chi connectivity index (χ4v) is 2.06. The van der Waals surface area contributed by atoms with Crippen molar-refractivity contribution in [3.63, 3.8) is 0 Å². The van der Waals surface area contributed by atoms with Crippen LogP contribution in [0.5, 0.6) is 0 Å². The molecule has 1 amide bonds. The number of carbonyl (C=O) groups is 1. The number of carbonyl (C=O) groups excluding carboxylic acids is 1. The van der Waals surface area contributed by atoms with Crippen LogP contribution in [0, 0.1) is 18.6 Å². The smallest absolute Gasteiger partial charge is 0.261 e. The quantitative estimate of drug-likeness (QED) is 0.802. The maximum atomic E-state index is 13.6. The Balaban J connectivity index is 1.87. The number of halogens is 2. The van der Waals surface area contributed by atoms with Gasteiger partial charge in [0, 0.05) is 18.2 Å². The van der Waals surface area contributed by atoms with Crippen LogP contribution in [0.1, 0.15) is 16.2 Å². The summed E-state index contributed by atoms with van der Waals surface area (Å²) in [5, 5.41) is 6.23. The van der Waals surface area contributed by atoms with Crippen LogP contribution >= 0.6 is 0 Å². The zero-order chi connectivity index (χ0) is 16.4. The highest BCUT2D eigenvalue weighted by Crippen LogP contribution is 2.21. The molecule has 7 heteroatoms. The van der Waals surface area contributed by atoms with Gasteiger partial charge in [-0.25, -0.2) is 8.78 Å². The molecule has 0 spiro atoms. The van der Waals surface area contributed by atoms with E-state index in [1.54, 1.807) is 31.2 Å². The molecule has 2 aromatic carbocycles. The molecule has 1 N–H and O–H groups in total. The molecule has 0 aliphatic heterocycles. The fourth-order valence-electron chi connectivity index (χ4n) is 2.06. The molecule has 5 nitrogen and oxygen atoms in total. The second kappa shape index (κ2) is 5.96. The van der Waals surface area contributed by atoms with Gasteiger partial charge >= 0.3 is 0 Å². The molecule has 0 atom stereocenters. The van der Waals surface area contributed by atoms with E-state index in [4.69, 9.17) is 4.52 Å². The predicted molar refractivity (Wildman–Crippen MR) is 78.8 cm³/mol. The molecule has 1 aromatic heterocycles. The molecule has 0 saturated heterocycles. The monoisotopic (exact) mass is 315 g/mol. The summed E-state index contributed by atoms with van der Waals surface area (Å²) in [4.78, 5) is 16.1. The van der Waals surface area contributed by atoms with Crippen LogP contribution in [0.25, 0.3) is 11.4 Å². The van der Waals surface area contributed by atoms with Gasteiger partial charge in [0.15, 0.2) is 0 Å². The molecule has 0 saturated carbocycles. The van der Waals surface area contributed by atoms with Crippen LogP contribution in [0.3, 0.4) is 0 Å². The van der Waals surface area contributed by atoms with E-state index in [0.717, 1.165) is 12.1 Å². The Labute approximate surface area is 130 Å². The normalized spacial score (nSPS) is 10.6. The Bertz CT molecular complexity index is 857. The first kappa shape index (κ1) is 14.8. The highest BCUT2D eigenvalue weighted by molar-refractivity contribution is 6.04. The van der Waals surface area contributed by atoms with Crippen molar-refractivity contribution in [3.8, 4) is 11.4 Å². The zero-order valence-electron chi connectivity index (χ0n) is 12.0. The number of aromatic nitrogens is 2. The number of amides is 1. The third-order valence-electron chi connectivity index (χ3n) is 3.10. The van der Waals surface area contributed by atoms with Crippen molar-refractivity contribution < 1.29 is 18.1 Å². The second-order valence-corrected chi connectivity index (χ2v) is 4.77. The molecule has 0 aliphatic carbocycles. The van der Waals surface area contributed by atoms with E-state index >= 15 is 0 Å². The summed E-state index contributed by atoms with van der Waals surface area (Å²) in [6.45, 7) is 1.66.